The zero-order valence-corrected chi connectivity index (χ0v) is 10.7. The van der Waals surface area contributed by atoms with E-state index in [0.29, 0.717) is 13.0 Å². The van der Waals surface area contributed by atoms with Crippen molar-refractivity contribution in [1.29, 1.82) is 0 Å². The first kappa shape index (κ1) is 13.1. The maximum Gasteiger partial charge on any atom is 0.326 e. The van der Waals surface area contributed by atoms with Gasteiger partial charge in [0.15, 0.2) is 0 Å². The van der Waals surface area contributed by atoms with Gasteiger partial charge < -0.3 is 10.0 Å². The SMILES string of the molecule is O=C(O)[C@@H]1CCCCN1C(=O)C=C1CCCCC1. The average molecular weight is 251 g/mol. The van der Waals surface area contributed by atoms with E-state index in [-0.39, 0.29) is 5.91 Å². The zero-order chi connectivity index (χ0) is 13.0. The second-order valence-electron chi connectivity index (χ2n) is 5.24. The summed E-state index contributed by atoms with van der Waals surface area (Å²) in [4.78, 5) is 24.8. The van der Waals surface area contributed by atoms with Gasteiger partial charge in [-0.05, 0) is 44.9 Å². The summed E-state index contributed by atoms with van der Waals surface area (Å²) in [5.41, 5.74) is 1.20. The van der Waals surface area contributed by atoms with Crippen LogP contribution in [-0.4, -0.2) is 34.5 Å². The highest BCUT2D eigenvalue weighted by molar-refractivity contribution is 5.91. The molecule has 1 aliphatic heterocycles. The molecule has 4 nitrogen and oxygen atoms in total. The van der Waals surface area contributed by atoms with Gasteiger partial charge in [-0.2, -0.15) is 0 Å². The summed E-state index contributed by atoms with van der Waals surface area (Å²) >= 11 is 0. The Morgan fingerprint density at radius 1 is 1.11 bits per heavy atom. The number of nitrogens with zero attached hydrogens (tertiary/aromatic N) is 1. The highest BCUT2D eigenvalue weighted by atomic mass is 16.4. The third kappa shape index (κ3) is 3.12. The van der Waals surface area contributed by atoms with Crippen LogP contribution in [0, 0.1) is 0 Å². The fourth-order valence-corrected chi connectivity index (χ4v) is 2.86. The molecule has 2 rings (SSSR count). The average Bonchev–Trinajstić information content (AvgIpc) is 2.40. The molecule has 0 spiro atoms. The van der Waals surface area contributed by atoms with Gasteiger partial charge >= 0.3 is 5.97 Å². The molecule has 1 saturated heterocycles. The first-order valence-corrected chi connectivity index (χ1v) is 6.91. The van der Waals surface area contributed by atoms with Crippen molar-refractivity contribution in [3.8, 4) is 0 Å². The quantitative estimate of drug-likeness (QED) is 0.766. The lowest BCUT2D eigenvalue weighted by atomic mass is 9.94. The molecule has 0 aromatic carbocycles. The number of hydrogen-bond acceptors (Lipinski definition) is 2. The number of amides is 1. The van der Waals surface area contributed by atoms with Crippen LogP contribution in [0.1, 0.15) is 51.4 Å². The maximum atomic E-state index is 12.2. The van der Waals surface area contributed by atoms with Crippen molar-refractivity contribution < 1.29 is 14.7 Å². The number of rotatable bonds is 2. The number of allylic oxidation sites excluding steroid dienone is 1. The molecule has 0 aromatic heterocycles. The van der Waals surface area contributed by atoms with E-state index >= 15 is 0 Å². The van der Waals surface area contributed by atoms with Crippen LogP contribution in [0.4, 0.5) is 0 Å². The number of aliphatic carboxylic acids is 1. The number of carboxylic acids is 1. The van der Waals surface area contributed by atoms with E-state index in [9.17, 15) is 9.59 Å². The van der Waals surface area contributed by atoms with Crippen LogP contribution in [0.15, 0.2) is 11.6 Å². The number of carbonyl (C=O) groups excluding carboxylic acids is 1. The molecule has 0 bridgehead atoms. The summed E-state index contributed by atoms with van der Waals surface area (Å²) in [5.74, 6) is -0.968. The van der Waals surface area contributed by atoms with Crippen LogP contribution in [-0.2, 0) is 9.59 Å². The zero-order valence-electron chi connectivity index (χ0n) is 10.7. The molecule has 1 saturated carbocycles. The van der Waals surface area contributed by atoms with Crippen LogP contribution >= 0.6 is 0 Å². The molecule has 18 heavy (non-hydrogen) atoms. The number of piperidine rings is 1. The minimum Gasteiger partial charge on any atom is -0.480 e. The van der Waals surface area contributed by atoms with Gasteiger partial charge in [-0.25, -0.2) is 4.79 Å². The Balaban J connectivity index is 2.03. The fourth-order valence-electron chi connectivity index (χ4n) is 2.86. The van der Waals surface area contributed by atoms with E-state index in [1.54, 1.807) is 6.08 Å². The summed E-state index contributed by atoms with van der Waals surface area (Å²) in [5, 5.41) is 9.15. The summed E-state index contributed by atoms with van der Waals surface area (Å²) < 4.78 is 0. The number of hydrogen-bond donors (Lipinski definition) is 1. The van der Waals surface area contributed by atoms with Crippen molar-refractivity contribution in [2.75, 3.05) is 6.54 Å². The Hall–Kier alpha value is -1.32. The van der Waals surface area contributed by atoms with Crippen LogP contribution in [0.5, 0.6) is 0 Å². The van der Waals surface area contributed by atoms with Crippen LogP contribution < -0.4 is 0 Å². The molecular formula is C14H21NO3. The largest absolute Gasteiger partial charge is 0.480 e. The monoisotopic (exact) mass is 251 g/mol. The Bertz CT molecular complexity index is 354. The number of carboxylic acid groups (broad SMARTS) is 1. The van der Waals surface area contributed by atoms with Crippen molar-refractivity contribution in [3.05, 3.63) is 11.6 Å². The maximum absolute atomic E-state index is 12.2. The molecule has 2 fully saturated rings. The Kier molecular flexibility index (Phi) is 4.39. The van der Waals surface area contributed by atoms with E-state index in [4.69, 9.17) is 5.11 Å². The van der Waals surface area contributed by atoms with Gasteiger partial charge in [-0.3, -0.25) is 4.79 Å². The first-order chi connectivity index (χ1) is 8.68. The molecule has 1 aliphatic carbocycles. The van der Waals surface area contributed by atoms with E-state index in [1.165, 1.54) is 16.9 Å². The number of carbonyl (C=O) groups is 2. The van der Waals surface area contributed by atoms with Gasteiger partial charge in [0, 0.05) is 12.6 Å². The van der Waals surface area contributed by atoms with Crippen molar-refractivity contribution in [2.24, 2.45) is 0 Å². The van der Waals surface area contributed by atoms with Gasteiger partial charge in [0.25, 0.3) is 0 Å². The van der Waals surface area contributed by atoms with Crippen LogP contribution in [0.25, 0.3) is 0 Å². The van der Waals surface area contributed by atoms with E-state index in [2.05, 4.69) is 0 Å². The van der Waals surface area contributed by atoms with Crippen molar-refractivity contribution >= 4 is 11.9 Å². The van der Waals surface area contributed by atoms with E-state index < -0.39 is 12.0 Å². The predicted octanol–water partition coefficient (Wildman–Crippen LogP) is 2.34. The molecule has 1 N–H and O–H groups in total. The fraction of sp³-hybridized carbons (Fsp3) is 0.714. The van der Waals surface area contributed by atoms with Gasteiger partial charge in [0.05, 0.1) is 0 Å². The third-order valence-corrected chi connectivity index (χ3v) is 3.89. The van der Waals surface area contributed by atoms with Crippen molar-refractivity contribution in [1.82, 2.24) is 4.90 Å². The molecule has 2 aliphatic rings. The lowest BCUT2D eigenvalue weighted by molar-refractivity contribution is -0.150. The highest BCUT2D eigenvalue weighted by Crippen LogP contribution is 2.24. The Labute approximate surface area is 108 Å². The summed E-state index contributed by atoms with van der Waals surface area (Å²) in [7, 11) is 0. The molecule has 0 aromatic rings. The molecular weight excluding hydrogens is 230 g/mol. The van der Waals surface area contributed by atoms with Gasteiger partial charge in [0.2, 0.25) is 5.91 Å². The molecule has 1 heterocycles. The van der Waals surface area contributed by atoms with E-state index in [0.717, 1.165) is 38.5 Å². The summed E-state index contributed by atoms with van der Waals surface area (Å²) in [6.45, 7) is 0.583. The minimum absolute atomic E-state index is 0.0981. The summed E-state index contributed by atoms with van der Waals surface area (Å²) in [6, 6.07) is -0.619. The topological polar surface area (TPSA) is 57.6 Å². The second-order valence-corrected chi connectivity index (χ2v) is 5.24. The molecule has 0 radical (unpaired) electrons. The first-order valence-electron chi connectivity index (χ1n) is 6.91. The predicted molar refractivity (Wildman–Crippen MR) is 68.2 cm³/mol. The van der Waals surface area contributed by atoms with Crippen molar-refractivity contribution in [2.45, 2.75) is 57.4 Å². The van der Waals surface area contributed by atoms with E-state index in [1.807, 2.05) is 0 Å². The number of likely N-dealkylation sites (tertiary alicyclic amines) is 1. The Morgan fingerprint density at radius 3 is 2.50 bits per heavy atom. The second kappa shape index (κ2) is 6.03. The molecule has 1 atom stereocenters. The van der Waals surface area contributed by atoms with Gasteiger partial charge in [-0.15, -0.1) is 0 Å². The molecule has 1 amide bonds. The molecule has 100 valence electrons. The van der Waals surface area contributed by atoms with Crippen LogP contribution in [0.2, 0.25) is 0 Å². The molecule has 4 heteroatoms. The minimum atomic E-state index is -0.870. The molecule has 0 unspecified atom stereocenters. The lowest BCUT2D eigenvalue weighted by Crippen LogP contribution is -2.47. The lowest BCUT2D eigenvalue weighted by Gasteiger charge is -2.32. The van der Waals surface area contributed by atoms with Gasteiger partial charge in [-0.1, -0.05) is 12.0 Å². The third-order valence-electron chi connectivity index (χ3n) is 3.89. The highest BCUT2D eigenvalue weighted by Gasteiger charge is 2.31. The van der Waals surface area contributed by atoms with Crippen molar-refractivity contribution in [3.63, 3.8) is 0 Å². The van der Waals surface area contributed by atoms with Crippen LogP contribution in [0.3, 0.4) is 0 Å². The van der Waals surface area contributed by atoms with Gasteiger partial charge in [0.1, 0.15) is 6.04 Å². The Morgan fingerprint density at radius 2 is 1.83 bits per heavy atom. The standard InChI is InChI=1S/C14H21NO3/c16-13(10-11-6-2-1-3-7-11)15-9-5-4-8-12(15)14(17)18/h10,12H,1-9H2,(H,17,18)/t12-/m0/s1. The normalized spacial score (nSPS) is 24.8. The summed E-state index contributed by atoms with van der Waals surface area (Å²) in [6.07, 6.45) is 9.64. The smallest absolute Gasteiger partial charge is 0.326 e.